The molecular weight excluding hydrogens is 380 g/mol. The molecule has 0 fully saturated rings. The number of H-pyrrole nitrogens is 1. The fraction of sp³-hybridized carbons (Fsp3) is 0. The number of nitrogens with one attached hydrogen (secondary N) is 1. The highest BCUT2D eigenvalue weighted by molar-refractivity contribution is 5.89. The standard InChI is InChI=1S/C27H18N4/c1-3-9-18(10-4-1)25-26(19-11-5-2-6-12-19)29-24-17-20(15-16-23(24)28-25)27-30-21-13-7-8-14-22(21)31-27/h1-17H,(H,30,31). The summed E-state index contributed by atoms with van der Waals surface area (Å²) >= 11 is 0. The highest BCUT2D eigenvalue weighted by atomic mass is 14.9. The number of benzene rings is 4. The van der Waals surface area contributed by atoms with Gasteiger partial charge in [0.2, 0.25) is 0 Å². The second-order valence-corrected chi connectivity index (χ2v) is 7.46. The number of nitrogens with zero attached hydrogens (tertiary/aromatic N) is 3. The van der Waals surface area contributed by atoms with Crippen LogP contribution in [0.2, 0.25) is 0 Å². The van der Waals surface area contributed by atoms with Gasteiger partial charge in [-0.05, 0) is 30.3 Å². The largest absolute Gasteiger partial charge is 0.338 e. The minimum Gasteiger partial charge on any atom is -0.338 e. The van der Waals surface area contributed by atoms with Crippen LogP contribution in [0.3, 0.4) is 0 Å². The molecule has 6 rings (SSSR count). The molecule has 4 nitrogen and oxygen atoms in total. The van der Waals surface area contributed by atoms with Gasteiger partial charge < -0.3 is 4.98 Å². The van der Waals surface area contributed by atoms with E-state index in [9.17, 15) is 0 Å². The molecule has 0 saturated heterocycles. The minimum absolute atomic E-state index is 0.832. The molecular formula is C27H18N4. The molecule has 2 aromatic heterocycles. The summed E-state index contributed by atoms with van der Waals surface area (Å²) in [7, 11) is 0. The number of hydrogen-bond donors (Lipinski definition) is 1. The summed E-state index contributed by atoms with van der Waals surface area (Å²) in [4.78, 5) is 18.2. The van der Waals surface area contributed by atoms with Crippen LogP contribution in [0.15, 0.2) is 103 Å². The summed E-state index contributed by atoms with van der Waals surface area (Å²) in [6.45, 7) is 0. The molecule has 0 aliphatic rings. The summed E-state index contributed by atoms with van der Waals surface area (Å²) in [5.74, 6) is 0.832. The fourth-order valence-corrected chi connectivity index (χ4v) is 3.89. The maximum atomic E-state index is 5.06. The van der Waals surface area contributed by atoms with E-state index in [4.69, 9.17) is 15.0 Å². The third-order valence-electron chi connectivity index (χ3n) is 5.42. The van der Waals surface area contributed by atoms with Gasteiger partial charge in [0, 0.05) is 16.7 Å². The van der Waals surface area contributed by atoms with Gasteiger partial charge in [-0.1, -0.05) is 72.8 Å². The first-order valence-corrected chi connectivity index (χ1v) is 10.2. The molecule has 0 atom stereocenters. The minimum atomic E-state index is 0.832. The highest BCUT2D eigenvalue weighted by Gasteiger charge is 2.14. The Morgan fingerprint density at radius 1 is 0.452 bits per heavy atom. The first-order valence-electron chi connectivity index (χ1n) is 10.2. The van der Waals surface area contributed by atoms with Crippen LogP contribution in [0.5, 0.6) is 0 Å². The maximum absolute atomic E-state index is 5.06. The Hall–Kier alpha value is -4.31. The van der Waals surface area contributed by atoms with Crippen molar-refractivity contribution in [3.05, 3.63) is 103 Å². The van der Waals surface area contributed by atoms with Gasteiger partial charge in [-0.25, -0.2) is 15.0 Å². The Morgan fingerprint density at radius 3 is 1.74 bits per heavy atom. The van der Waals surface area contributed by atoms with Gasteiger partial charge in [0.1, 0.15) is 5.82 Å². The average molecular weight is 398 g/mol. The van der Waals surface area contributed by atoms with Gasteiger partial charge in [-0.3, -0.25) is 0 Å². The smallest absolute Gasteiger partial charge is 0.138 e. The van der Waals surface area contributed by atoms with Crippen LogP contribution in [0.1, 0.15) is 0 Å². The lowest BCUT2D eigenvalue weighted by molar-refractivity contribution is 1.28. The lowest BCUT2D eigenvalue weighted by atomic mass is 10.0. The van der Waals surface area contributed by atoms with E-state index in [1.807, 2.05) is 72.8 Å². The molecule has 2 heterocycles. The Balaban J connectivity index is 1.56. The monoisotopic (exact) mass is 398 g/mol. The van der Waals surface area contributed by atoms with Crippen LogP contribution < -0.4 is 0 Å². The van der Waals surface area contributed by atoms with Gasteiger partial charge in [0.25, 0.3) is 0 Å². The van der Waals surface area contributed by atoms with E-state index < -0.39 is 0 Å². The number of rotatable bonds is 3. The van der Waals surface area contributed by atoms with E-state index in [-0.39, 0.29) is 0 Å². The van der Waals surface area contributed by atoms with Crippen molar-refractivity contribution in [2.75, 3.05) is 0 Å². The second-order valence-electron chi connectivity index (χ2n) is 7.46. The maximum Gasteiger partial charge on any atom is 0.138 e. The normalized spacial score (nSPS) is 11.2. The number of aromatic amines is 1. The summed E-state index contributed by atoms with van der Waals surface area (Å²) in [6, 6.07) is 34.6. The molecule has 4 aromatic carbocycles. The zero-order valence-corrected chi connectivity index (χ0v) is 16.7. The number of hydrogen-bond acceptors (Lipinski definition) is 3. The van der Waals surface area contributed by atoms with Crippen LogP contribution in [0.4, 0.5) is 0 Å². The average Bonchev–Trinajstić information content (AvgIpc) is 3.28. The number of fused-ring (bicyclic) bond motifs is 2. The lowest BCUT2D eigenvalue weighted by Gasteiger charge is -2.11. The molecule has 1 N–H and O–H groups in total. The quantitative estimate of drug-likeness (QED) is 0.370. The molecule has 146 valence electrons. The van der Waals surface area contributed by atoms with Gasteiger partial charge in [0.05, 0.1) is 33.5 Å². The predicted octanol–water partition coefficient (Wildman–Crippen LogP) is 6.51. The van der Waals surface area contributed by atoms with Gasteiger partial charge in [-0.15, -0.1) is 0 Å². The lowest BCUT2D eigenvalue weighted by Crippen LogP contribution is -1.96. The Bertz CT molecular complexity index is 1490. The molecule has 0 radical (unpaired) electrons. The van der Waals surface area contributed by atoms with Crippen LogP contribution in [-0.2, 0) is 0 Å². The van der Waals surface area contributed by atoms with Crippen LogP contribution in [0.25, 0.3) is 56.0 Å². The molecule has 6 aromatic rings. The number of para-hydroxylation sites is 2. The van der Waals surface area contributed by atoms with Crippen molar-refractivity contribution < 1.29 is 0 Å². The number of aromatic nitrogens is 4. The summed E-state index contributed by atoms with van der Waals surface area (Å²) in [5.41, 5.74) is 8.53. The summed E-state index contributed by atoms with van der Waals surface area (Å²) < 4.78 is 0. The van der Waals surface area contributed by atoms with E-state index in [1.54, 1.807) is 0 Å². The van der Waals surface area contributed by atoms with E-state index in [1.165, 1.54) is 0 Å². The molecule has 4 heteroatoms. The fourth-order valence-electron chi connectivity index (χ4n) is 3.89. The Morgan fingerprint density at radius 2 is 1.06 bits per heavy atom. The third-order valence-corrected chi connectivity index (χ3v) is 5.42. The Labute approximate surface area is 179 Å². The van der Waals surface area contributed by atoms with Crippen LogP contribution in [-0.4, -0.2) is 19.9 Å². The van der Waals surface area contributed by atoms with Crippen molar-refractivity contribution in [1.82, 2.24) is 19.9 Å². The van der Waals surface area contributed by atoms with E-state index in [0.717, 1.165) is 56.0 Å². The van der Waals surface area contributed by atoms with Crippen molar-refractivity contribution in [2.45, 2.75) is 0 Å². The Kier molecular flexibility index (Phi) is 4.06. The van der Waals surface area contributed by atoms with E-state index in [0.29, 0.717) is 0 Å². The number of imidazole rings is 1. The van der Waals surface area contributed by atoms with Crippen LogP contribution in [0, 0.1) is 0 Å². The van der Waals surface area contributed by atoms with Crippen molar-refractivity contribution >= 4 is 22.1 Å². The van der Waals surface area contributed by atoms with Crippen molar-refractivity contribution in [3.8, 4) is 33.9 Å². The van der Waals surface area contributed by atoms with Crippen LogP contribution >= 0.6 is 0 Å². The molecule has 0 aliphatic heterocycles. The van der Waals surface area contributed by atoms with Gasteiger partial charge >= 0.3 is 0 Å². The summed E-state index contributed by atoms with van der Waals surface area (Å²) in [5, 5.41) is 0. The van der Waals surface area contributed by atoms with Crippen molar-refractivity contribution in [2.24, 2.45) is 0 Å². The van der Waals surface area contributed by atoms with Crippen molar-refractivity contribution in [1.29, 1.82) is 0 Å². The zero-order chi connectivity index (χ0) is 20.6. The van der Waals surface area contributed by atoms with E-state index in [2.05, 4.69) is 35.3 Å². The second kappa shape index (κ2) is 7.18. The SMILES string of the molecule is c1ccc(-c2nc3ccc(-c4nc5ccccc5[nH]4)cc3nc2-c2ccccc2)cc1. The summed E-state index contributed by atoms with van der Waals surface area (Å²) in [6.07, 6.45) is 0. The zero-order valence-electron chi connectivity index (χ0n) is 16.7. The topological polar surface area (TPSA) is 54.5 Å². The molecule has 0 spiro atoms. The molecule has 31 heavy (non-hydrogen) atoms. The molecule has 0 aliphatic carbocycles. The molecule has 0 bridgehead atoms. The van der Waals surface area contributed by atoms with Gasteiger partial charge in [-0.2, -0.15) is 0 Å². The van der Waals surface area contributed by atoms with Crippen molar-refractivity contribution in [3.63, 3.8) is 0 Å². The third kappa shape index (κ3) is 3.15. The van der Waals surface area contributed by atoms with E-state index >= 15 is 0 Å². The highest BCUT2D eigenvalue weighted by Crippen LogP contribution is 2.32. The molecule has 0 saturated carbocycles. The van der Waals surface area contributed by atoms with Gasteiger partial charge in [0.15, 0.2) is 0 Å². The first-order chi connectivity index (χ1) is 15.3. The molecule has 0 amide bonds. The first kappa shape index (κ1) is 17.5. The molecule has 0 unspecified atom stereocenters. The predicted molar refractivity (Wildman–Crippen MR) is 125 cm³/mol.